The van der Waals surface area contributed by atoms with Crippen LogP contribution in [-0.2, 0) is 17.8 Å². The fraction of sp³-hybridized carbons (Fsp3) is 0.667. The highest BCUT2D eigenvalue weighted by atomic mass is 16.6. The van der Waals surface area contributed by atoms with Gasteiger partial charge in [0, 0.05) is 6.20 Å². The van der Waals surface area contributed by atoms with Crippen LogP contribution in [0.4, 0.5) is 4.79 Å². The number of aliphatic hydroxyl groups is 1. The SMILES string of the molecule is CC(C)(C)OC(=O)N1Cc2ccnn2CC1CO. The standard InChI is InChI=1S/C12H19N3O3/c1-12(2,3)18-11(17)14-6-9-4-5-13-15(9)7-10(14)8-16/h4-5,10,16H,6-8H2,1-3H3. The van der Waals surface area contributed by atoms with Gasteiger partial charge in [0.25, 0.3) is 0 Å². The van der Waals surface area contributed by atoms with Crippen molar-refractivity contribution in [2.24, 2.45) is 0 Å². The fourth-order valence-corrected chi connectivity index (χ4v) is 1.95. The molecule has 0 aliphatic carbocycles. The van der Waals surface area contributed by atoms with Gasteiger partial charge in [-0.3, -0.25) is 9.58 Å². The lowest BCUT2D eigenvalue weighted by Crippen LogP contribution is -2.50. The number of hydrogen-bond acceptors (Lipinski definition) is 4. The number of nitrogens with zero attached hydrogens (tertiary/aromatic N) is 3. The Kier molecular flexibility index (Phi) is 3.30. The van der Waals surface area contributed by atoms with Crippen LogP contribution >= 0.6 is 0 Å². The van der Waals surface area contributed by atoms with Gasteiger partial charge < -0.3 is 9.84 Å². The molecule has 100 valence electrons. The molecule has 0 bridgehead atoms. The Balaban J connectivity index is 2.14. The summed E-state index contributed by atoms with van der Waals surface area (Å²) in [4.78, 5) is 13.6. The summed E-state index contributed by atoms with van der Waals surface area (Å²) in [6.07, 6.45) is 1.30. The molecule has 2 heterocycles. The molecule has 0 spiro atoms. The molecule has 0 saturated carbocycles. The molecule has 1 aromatic heterocycles. The largest absolute Gasteiger partial charge is 0.444 e. The van der Waals surface area contributed by atoms with Gasteiger partial charge in [-0.25, -0.2) is 4.79 Å². The van der Waals surface area contributed by atoms with Crippen LogP contribution < -0.4 is 0 Å². The van der Waals surface area contributed by atoms with Crippen LogP contribution in [0.2, 0.25) is 0 Å². The molecule has 0 fully saturated rings. The Labute approximate surface area is 106 Å². The first-order chi connectivity index (χ1) is 8.40. The summed E-state index contributed by atoms with van der Waals surface area (Å²) >= 11 is 0. The van der Waals surface area contributed by atoms with E-state index in [2.05, 4.69) is 5.10 Å². The molecule has 1 N–H and O–H groups in total. The van der Waals surface area contributed by atoms with E-state index >= 15 is 0 Å². The number of amides is 1. The zero-order valence-corrected chi connectivity index (χ0v) is 11.0. The zero-order valence-electron chi connectivity index (χ0n) is 11.0. The number of hydrogen-bond donors (Lipinski definition) is 1. The van der Waals surface area contributed by atoms with E-state index in [9.17, 15) is 9.90 Å². The fourth-order valence-electron chi connectivity index (χ4n) is 1.95. The lowest BCUT2D eigenvalue weighted by molar-refractivity contribution is -0.00193. The molecule has 1 aliphatic rings. The van der Waals surface area contributed by atoms with E-state index in [0.717, 1.165) is 5.69 Å². The highest BCUT2D eigenvalue weighted by Gasteiger charge is 2.32. The monoisotopic (exact) mass is 253 g/mol. The maximum atomic E-state index is 12.1. The maximum Gasteiger partial charge on any atom is 0.411 e. The van der Waals surface area contributed by atoms with Crippen molar-refractivity contribution in [3.63, 3.8) is 0 Å². The van der Waals surface area contributed by atoms with Gasteiger partial charge in [-0.05, 0) is 26.8 Å². The zero-order chi connectivity index (χ0) is 13.3. The number of rotatable bonds is 1. The Morgan fingerprint density at radius 1 is 1.61 bits per heavy atom. The second kappa shape index (κ2) is 4.61. The molecule has 1 unspecified atom stereocenters. The van der Waals surface area contributed by atoms with Crippen molar-refractivity contribution < 1.29 is 14.6 Å². The van der Waals surface area contributed by atoms with Crippen LogP contribution in [0, 0.1) is 0 Å². The van der Waals surface area contributed by atoms with Gasteiger partial charge in [-0.1, -0.05) is 0 Å². The smallest absolute Gasteiger partial charge is 0.411 e. The van der Waals surface area contributed by atoms with Gasteiger partial charge in [-0.15, -0.1) is 0 Å². The molecule has 1 atom stereocenters. The first kappa shape index (κ1) is 12.9. The van der Waals surface area contributed by atoms with Gasteiger partial charge in [-0.2, -0.15) is 5.10 Å². The minimum Gasteiger partial charge on any atom is -0.444 e. The normalized spacial score (nSPS) is 19.6. The summed E-state index contributed by atoms with van der Waals surface area (Å²) in [6, 6.07) is 1.58. The number of ether oxygens (including phenoxy) is 1. The summed E-state index contributed by atoms with van der Waals surface area (Å²) in [7, 11) is 0. The average Bonchev–Trinajstić information content (AvgIpc) is 2.71. The number of carbonyl (C=O) groups is 1. The molecule has 1 aromatic rings. The van der Waals surface area contributed by atoms with Crippen LogP contribution in [-0.4, -0.2) is 44.1 Å². The quantitative estimate of drug-likeness (QED) is 0.810. The van der Waals surface area contributed by atoms with Crippen molar-refractivity contribution in [2.75, 3.05) is 6.61 Å². The van der Waals surface area contributed by atoms with Crippen LogP contribution in [0.25, 0.3) is 0 Å². The molecule has 2 rings (SSSR count). The van der Waals surface area contributed by atoms with Crippen LogP contribution in [0.15, 0.2) is 12.3 Å². The molecule has 0 radical (unpaired) electrons. The van der Waals surface area contributed by atoms with E-state index < -0.39 is 11.7 Å². The summed E-state index contributed by atoms with van der Waals surface area (Å²) < 4.78 is 7.15. The van der Waals surface area contributed by atoms with Crippen molar-refractivity contribution in [1.82, 2.24) is 14.7 Å². The van der Waals surface area contributed by atoms with Gasteiger partial charge in [0.05, 0.1) is 31.4 Å². The number of fused-ring (bicyclic) bond motifs is 1. The highest BCUT2D eigenvalue weighted by Crippen LogP contribution is 2.20. The Morgan fingerprint density at radius 2 is 2.33 bits per heavy atom. The van der Waals surface area contributed by atoms with Gasteiger partial charge in [0.15, 0.2) is 0 Å². The maximum absolute atomic E-state index is 12.1. The Morgan fingerprint density at radius 3 is 2.94 bits per heavy atom. The highest BCUT2D eigenvalue weighted by molar-refractivity contribution is 5.68. The van der Waals surface area contributed by atoms with E-state index in [0.29, 0.717) is 13.1 Å². The third-order valence-corrected chi connectivity index (χ3v) is 2.80. The minimum atomic E-state index is -0.533. The summed E-state index contributed by atoms with van der Waals surface area (Å²) in [5, 5.41) is 13.5. The molecular formula is C12H19N3O3. The van der Waals surface area contributed by atoms with Crippen molar-refractivity contribution in [1.29, 1.82) is 0 Å². The minimum absolute atomic E-state index is 0.0987. The van der Waals surface area contributed by atoms with Crippen molar-refractivity contribution in [3.8, 4) is 0 Å². The third kappa shape index (κ3) is 2.64. The third-order valence-electron chi connectivity index (χ3n) is 2.80. The van der Waals surface area contributed by atoms with E-state index in [-0.39, 0.29) is 12.6 Å². The molecule has 0 saturated heterocycles. The number of carbonyl (C=O) groups excluding carboxylic acids is 1. The second-order valence-electron chi connectivity index (χ2n) is 5.45. The first-order valence-corrected chi connectivity index (χ1v) is 6.02. The summed E-state index contributed by atoms with van der Waals surface area (Å²) in [6.45, 7) is 6.30. The summed E-state index contributed by atoms with van der Waals surface area (Å²) in [5.41, 5.74) is 0.417. The van der Waals surface area contributed by atoms with Crippen LogP contribution in [0.3, 0.4) is 0 Å². The lowest BCUT2D eigenvalue weighted by atomic mass is 10.2. The van der Waals surface area contributed by atoms with Gasteiger partial charge >= 0.3 is 6.09 Å². The second-order valence-corrected chi connectivity index (χ2v) is 5.45. The first-order valence-electron chi connectivity index (χ1n) is 6.02. The number of aliphatic hydroxyl groups excluding tert-OH is 1. The van der Waals surface area contributed by atoms with Crippen LogP contribution in [0.5, 0.6) is 0 Å². The lowest BCUT2D eigenvalue weighted by Gasteiger charge is -2.36. The average molecular weight is 253 g/mol. The predicted octanol–water partition coefficient (Wildman–Crippen LogP) is 0.995. The van der Waals surface area contributed by atoms with Crippen molar-refractivity contribution >= 4 is 6.09 Å². The molecule has 6 nitrogen and oxygen atoms in total. The molecule has 0 aromatic carbocycles. The van der Waals surface area contributed by atoms with Crippen molar-refractivity contribution in [2.45, 2.75) is 45.5 Å². The van der Waals surface area contributed by atoms with Gasteiger partial charge in [0.1, 0.15) is 5.60 Å². The Hall–Kier alpha value is -1.56. The van der Waals surface area contributed by atoms with E-state index in [1.165, 1.54) is 0 Å². The Bertz CT molecular complexity index is 436. The molecule has 1 aliphatic heterocycles. The van der Waals surface area contributed by atoms with E-state index in [1.54, 1.807) is 11.1 Å². The predicted molar refractivity (Wildman–Crippen MR) is 64.9 cm³/mol. The van der Waals surface area contributed by atoms with Crippen molar-refractivity contribution in [3.05, 3.63) is 18.0 Å². The molecule has 1 amide bonds. The molecule has 6 heteroatoms. The molecule has 18 heavy (non-hydrogen) atoms. The van der Waals surface area contributed by atoms with Crippen LogP contribution in [0.1, 0.15) is 26.5 Å². The number of aromatic nitrogens is 2. The van der Waals surface area contributed by atoms with E-state index in [4.69, 9.17) is 4.74 Å². The van der Waals surface area contributed by atoms with Gasteiger partial charge in [0.2, 0.25) is 0 Å². The summed E-state index contributed by atoms with van der Waals surface area (Å²) in [5.74, 6) is 0. The van der Waals surface area contributed by atoms with E-state index in [1.807, 2.05) is 31.5 Å². The molecular weight excluding hydrogens is 234 g/mol. The topological polar surface area (TPSA) is 67.6 Å².